The second kappa shape index (κ2) is 12.5. The Balaban J connectivity index is 1.05. The highest BCUT2D eigenvalue weighted by molar-refractivity contribution is 7.89. The van der Waals surface area contributed by atoms with E-state index < -0.39 is 10.0 Å². The summed E-state index contributed by atoms with van der Waals surface area (Å²) < 4.78 is 37.8. The van der Waals surface area contributed by atoms with Crippen LogP contribution in [0.2, 0.25) is 0 Å². The van der Waals surface area contributed by atoms with E-state index in [1.807, 2.05) is 12.1 Å². The fourth-order valence-corrected chi connectivity index (χ4v) is 6.60. The van der Waals surface area contributed by atoms with Crippen LogP contribution in [-0.2, 0) is 14.8 Å². The number of sulfonamides is 1. The average Bonchev–Trinajstić information content (AvgIpc) is 3.61. The SMILES string of the molecule is O=C(c1ccc(NC2=NCCC(c3ccc(S(=O)(=O)N4CCOCC4)cc3)=N2)cc1)N1CCN(C(=O)c2ccco2)CC1. The molecule has 1 aromatic heterocycles. The zero-order valence-electron chi connectivity index (χ0n) is 23.5. The van der Waals surface area contributed by atoms with Gasteiger partial charge in [-0.2, -0.15) is 4.31 Å². The van der Waals surface area contributed by atoms with Crippen molar-refractivity contribution >= 4 is 39.2 Å². The Morgan fingerprint density at radius 3 is 2.14 bits per heavy atom. The molecule has 0 aliphatic carbocycles. The third-order valence-corrected chi connectivity index (χ3v) is 9.53. The smallest absolute Gasteiger partial charge is 0.289 e. The van der Waals surface area contributed by atoms with Gasteiger partial charge in [0.1, 0.15) is 0 Å². The van der Waals surface area contributed by atoms with Crippen molar-refractivity contribution in [2.75, 3.05) is 64.3 Å². The van der Waals surface area contributed by atoms with Crippen molar-refractivity contribution in [3.05, 3.63) is 83.8 Å². The molecule has 3 aliphatic heterocycles. The van der Waals surface area contributed by atoms with E-state index in [-0.39, 0.29) is 16.7 Å². The lowest BCUT2D eigenvalue weighted by atomic mass is 10.1. The number of morpholine rings is 1. The van der Waals surface area contributed by atoms with Gasteiger partial charge < -0.3 is 24.3 Å². The van der Waals surface area contributed by atoms with Crippen molar-refractivity contribution in [2.24, 2.45) is 9.98 Å². The number of carbonyl (C=O) groups excluding carboxylic acids is 2. The maximum atomic E-state index is 13.1. The number of nitrogens with one attached hydrogen (secondary N) is 1. The first kappa shape index (κ1) is 28.8. The van der Waals surface area contributed by atoms with Gasteiger partial charge in [0.2, 0.25) is 16.0 Å². The van der Waals surface area contributed by atoms with Gasteiger partial charge in [-0.25, -0.2) is 13.4 Å². The van der Waals surface area contributed by atoms with Gasteiger partial charge in [0.15, 0.2) is 5.76 Å². The topological polar surface area (TPSA) is 137 Å². The molecule has 2 saturated heterocycles. The Morgan fingerprint density at radius 2 is 1.49 bits per heavy atom. The molecule has 43 heavy (non-hydrogen) atoms. The molecular formula is C30H32N6O6S. The summed E-state index contributed by atoms with van der Waals surface area (Å²) >= 11 is 0. The lowest BCUT2D eigenvalue weighted by molar-refractivity contribution is 0.0518. The van der Waals surface area contributed by atoms with Gasteiger partial charge in [0.25, 0.3) is 11.8 Å². The van der Waals surface area contributed by atoms with Gasteiger partial charge in [-0.05, 0) is 54.1 Å². The summed E-state index contributed by atoms with van der Waals surface area (Å²) in [5, 5.41) is 3.21. The van der Waals surface area contributed by atoms with Gasteiger partial charge in [0, 0.05) is 63.5 Å². The molecule has 0 unspecified atom stereocenters. The number of guanidine groups is 1. The molecule has 0 radical (unpaired) electrons. The number of amides is 2. The largest absolute Gasteiger partial charge is 0.459 e. The lowest BCUT2D eigenvalue weighted by Gasteiger charge is -2.34. The lowest BCUT2D eigenvalue weighted by Crippen LogP contribution is -2.50. The van der Waals surface area contributed by atoms with Crippen LogP contribution in [0.3, 0.4) is 0 Å². The molecule has 13 heteroatoms. The summed E-state index contributed by atoms with van der Waals surface area (Å²) in [5.74, 6) is 0.487. The highest BCUT2D eigenvalue weighted by Crippen LogP contribution is 2.20. The minimum Gasteiger partial charge on any atom is -0.459 e. The molecule has 3 aliphatic rings. The number of carbonyl (C=O) groups is 2. The molecular weight excluding hydrogens is 572 g/mol. The van der Waals surface area contributed by atoms with E-state index in [2.05, 4.69) is 15.3 Å². The molecule has 0 atom stereocenters. The summed E-state index contributed by atoms with van der Waals surface area (Å²) in [6, 6.07) is 17.2. The maximum absolute atomic E-state index is 13.1. The van der Waals surface area contributed by atoms with Crippen LogP contribution in [-0.4, -0.2) is 105 Å². The Kier molecular flexibility index (Phi) is 8.36. The first-order valence-electron chi connectivity index (χ1n) is 14.2. The average molecular weight is 605 g/mol. The molecule has 0 saturated carbocycles. The van der Waals surface area contributed by atoms with Gasteiger partial charge in [-0.15, -0.1) is 0 Å². The Hall–Kier alpha value is -4.33. The third-order valence-electron chi connectivity index (χ3n) is 7.62. The van der Waals surface area contributed by atoms with Crippen molar-refractivity contribution in [1.82, 2.24) is 14.1 Å². The molecule has 1 N–H and O–H groups in total. The van der Waals surface area contributed by atoms with Crippen molar-refractivity contribution in [2.45, 2.75) is 11.3 Å². The Labute approximate surface area is 249 Å². The van der Waals surface area contributed by atoms with E-state index >= 15 is 0 Å². The number of hydrogen-bond acceptors (Lipinski definition) is 9. The summed E-state index contributed by atoms with van der Waals surface area (Å²) in [6.07, 6.45) is 2.11. The number of anilines is 1. The molecule has 0 bridgehead atoms. The molecule has 4 heterocycles. The predicted molar refractivity (Wildman–Crippen MR) is 160 cm³/mol. The zero-order chi connectivity index (χ0) is 29.8. The molecule has 2 fully saturated rings. The highest BCUT2D eigenvalue weighted by atomic mass is 32.2. The minimum atomic E-state index is -3.56. The van der Waals surface area contributed by atoms with E-state index in [0.29, 0.717) is 82.7 Å². The van der Waals surface area contributed by atoms with Crippen molar-refractivity contribution < 1.29 is 27.2 Å². The second-order valence-electron chi connectivity index (χ2n) is 10.3. The van der Waals surface area contributed by atoms with E-state index in [4.69, 9.17) is 9.15 Å². The highest BCUT2D eigenvalue weighted by Gasteiger charge is 2.28. The van der Waals surface area contributed by atoms with Crippen LogP contribution in [0.1, 0.15) is 32.9 Å². The number of ether oxygens (including phenoxy) is 1. The fraction of sp³-hybridized carbons (Fsp3) is 0.333. The Bertz CT molecular complexity index is 1620. The first-order valence-corrected chi connectivity index (χ1v) is 15.6. The number of aliphatic imine (C=N–C) groups is 2. The van der Waals surface area contributed by atoms with Crippen LogP contribution in [0.25, 0.3) is 0 Å². The van der Waals surface area contributed by atoms with Gasteiger partial charge in [0.05, 0.1) is 30.1 Å². The second-order valence-corrected chi connectivity index (χ2v) is 12.3. The zero-order valence-corrected chi connectivity index (χ0v) is 24.3. The van der Waals surface area contributed by atoms with E-state index in [1.165, 1.54) is 10.6 Å². The summed E-state index contributed by atoms with van der Waals surface area (Å²) in [5.41, 5.74) is 2.94. The molecule has 0 spiro atoms. The number of benzene rings is 2. The first-order chi connectivity index (χ1) is 20.9. The van der Waals surface area contributed by atoms with E-state index in [0.717, 1.165) is 17.0 Å². The molecule has 6 rings (SSSR count). The summed E-state index contributed by atoms with van der Waals surface area (Å²) in [4.78, 5) is 38.4. The van der Waals surface area contributed by atoms with Crippen LogP contribution in [0.15, 0.2) is 86.2 Å². The van der Waals surface area contributed by atoms with Crippen LogP contribution >= 0.6 is 0 Å². The molecule has 2 amide bonds. The molecule has 224 valence electrons. The van der Waals surface area contributed by atoms with Crippen LogP contribution in [0.4, 0.5) is 5.69 Å². The quantitative estimate of drug-likeness (QED) is 0.457. The fourth-order valence-electron chi connectivity index (χ4n) is 5.20. The Morgan fingerprint density at radius 1 is 0.814 bits per heavy atom. The number of hydrogen-bond donors (Lipinski definition) is 1. The van der Waals surface area contributed by atoms with E-state index in [9.17, 15) is 18.0 Å². The number of nitrogens with zero attached hydrogens (tertiary/aromatic N) is 5. The molecule has 3 aromatic rings. The summed E-state index contributed by atoms with van der Waals surface area (Å²) in [7, 11) is -3.56. The van der Waals surface area contributed by atoms with Crippen LogP contribution in [0.5, 0.6) is 0 Å². The maximum Gasteiger partial charge on any atom is 0.289 e. The van der Waals surface area contributed by atoms with Crippen LogP contribution < -0.4 is 5.32 Å². The number of rotatable bonds is 6. The molecule has 2 aromatic carbocycles. The van der Waals surface area contributed by atoms with Gasteiger partial charge >= 0.3 is 0 Å². The normalized spacial score (nSPS) is 18.1. The van der Waals surface area contributed by atoms with Crippen molar-refractivity contribution in [3.63, 3.8) is 0 Å². The predicted octanol–water partition coefficient (Wildman–Crippen LogP) is 2.56. The third kappa shape index (κ3) is 6.38. The van der Waals surface area contributed by atoms with Gasteiger partial charge in [-0.3, -0.25) is 14.6 Å². The molecule has 12 nitrogen and oxygen atoms in total. The standard InChI is InChI=1S/C30H32N6O6S/c37-28(34-13-15-35(16-14-34)29(38)27-2-1-19-42-27)23-3-7-24(8-4-23)32-30-31-12-11-26(33-30)22-5-9-25(10-6-22)43(39,40)36-17-20-41-21-18-36/h1-10,19H,11-18,20-21H2,(H,31,32). The monoisotopic (exact) mass is 604 g/mol. The number of piperazine rings is 1. The van der Waals surface area contributed by atoms with Crippen LogP contribution in [0, 0.1) is 0 Å². The van der Waals surface area contributed by atoms with Crippen molar-refractivity contribution in [3.8, 4) is 0 Å². The van der Waals surface area contributed by atoms with E-state index in [1.54, 1.807) is 58.3 Å². The number of furan rings is 1. The minimum absolute atomic E-state index is 0.0916. The van der Waals surface area contributed by atoms with Crippen molar-refractivity contribution in [1.29, 1.82) is 0 Å². The summed E-state index contributed by atoms with van der Waals surface area (Å²) in [6.45, 7) is 3.81. The van der Waals surface area contributed by atoms with Gasteiger partial charge in [-0.1, -0.05) is 12.1 Å².